The van der Waals surface area contributed by atoms with Crippen molar-refractivity contribution in [3.05, 3.63) is 29.8 Å². The molecule has 3 nitrogen and oxygen atoms in total. The number of rotatable bonds is 2. The molecule has 0 aliphatic heterocycles. The monoisotopic (exact) mass is 162 g/mol. The Morgan fingerprint density at radius 3 is 2.42 bits per heavy atom. The Balaban J connectivity index is 2.86. The van der Waals surface area contributed by atoms with E-state index in [1.54, 1.807) is 31.4 Å². The van der Waals surface area contributed by atoms with Gasteiger partial charge in [-0.15, -0.1) is 0 Å². The highest BCUT2D eigenvalue weighted by molar-refractivity contribution is 5.31. The average molecular weight is 162 g/mol. The molecule has 0 saturated heterocycles. The molecule has 0 aromatic heterocycles. The van der Waals surface area contributed by atoms with Crippen molar-refractivity contribution in [2.45, 2.75) is 6.04 Å². The molecule has 3 heteroatoms. The second-order valence-corrected chi connectivity index (χ2v) is 2.38. The summed E-state index contributed by atoms with van der Waals surface area (Å²) in [7, 11) is 1.60. The molecule has 0 saturated carbocycles. The Hall–Kier alpha value is -1.53. The van der Waals surface area contributed by atoms with Gasteiger partial charge in [-0.05, 0) is 17.7 Å². The zero-order valence-corrected chi connectivity index (χ0v) is 6.82. The lowest BCUT2D eigenvalue weighted by atomic mass is 10.1. The Morgan fingerprint density at radius 1 is 1.42 bits per heavy atom. The van der Waals surface area contributed by atoms with Gasteiger partial charge in [0.2, 0.25) is 0 Å². The van der Waals surface area contributed by atoms with E-state index in [1.165, 1.54) is 0 Å². The molecule has 0 heterocycles. The molecule has 0 amide bonds. The van der Waals surface area contributed by atoms with Gasteiger partial charge >= 0.3 is 0 Å². The molecule has 2 N–H and O–H groups in total. The molecule has 0 radical (unpaired) electrons. The van der Waals surface area contributed by atoms with Crippen molar-refractivity contribution in [2.24, 2.45) is 5.73 Å². The summed E-state index contributed by atoms with van der Waals surface area (Å²) < 4.78 is 4.96. The van der Waals surface area contributed by atoms with Gasteiger partial charge in [0.15, 0.2) is 0 Å². The average Bonchev–Trinajstić information content (AvgIpc) is 2.17. The van der Waals surface area contributed by atoms with Gasteiger partial charge in [-0.2, -0.15) is 5.26 Å². The van der Waals surface area contributed by atoms with E-state index in [-0.39, 0.29) is 0 Å². The van der Waals surface area contributed by atoms with Crippen LogP contribution in [-0.2, 0) is 0 Å². The highest BCUT2D eigenvalue weighted by Crippen LogP contribution is 2.14. The first-order chi connectivity index (χ1) is 5.77. The standard InChI is InChI=1S/C9H10N2O/c1-12-8-4-2-7(3-5-8)9(11)6-10/h2-5,9H,11H2,1H3. The molecule has 0 bridgehead atoms. The van der Waals surface area contributed by atoms with Gasteiger partial charge in [-0.25, -0.2) is 0 Å². The second kappa shape index (κ2) is 3.74. The van der Waals surface area contributed by atoms with Gasteiger partial charge in [0, 0.05) is 0 Å². The molecular weight excluding hydrogens is 152 g/mol. The van der Waals surface area contributed by atoms with Crippen LogP contribution >= 0.6 is 0 Å². The molecule has 0 aliphatic carbocycles. The van der Waals surface area contributed by atoms with Crippen LogP contribution in [0.3, 0.4) is 0 Å². The van der Waals surface area contributed by atoms with Crippen LogP contribution in [0.4, 0.5) is 0 Å². The van der Waals surface area contributed by atoms with E-state index in [0.29, 0.717) is 0 Å². The summed E-state index contributed by atoms with van der Waals surface area (Å²) in [6.07, 6.45) is 0. The van der Waals surface area contributed by atoms with Gasteiger partial charge in [0.05, 0.1) is 13.2 Å². The predicted octanol–water partition coefficient (Wildman–Crippen LogP) is 1.22. The topological polar surface area (TPSA) is 59.0 Å². The summed E-state index contributed by atoms with van der Waals surface area (Å²) in [6.45, 7) is 0. The van der Waals surface area contributed by atoms with E-state index < -0.39 is 6.04 Å². The van der Waals surface area contributed by atoms with Gasteiger partial charge in [-0.3, -0.25) is 0 Å². The van der Waals surface area contributed by atoms with Crippen LogP contribution in [0.25, 0.3) is 0 Å². The molecule has 1 unspecified atom stereocenters. The Morgan fingerprint density at radius 2 is 2.00 bits per heavy atom. The summed E-state index contributed by atoms with van der Waals surface area (Å²) in [4.78, 5) is 0. The lowest BCUT2D eigenvalue weighted by Gasteiger charge is -2.03. The van der Waals surface area contributed by atoms with Gasteiger partial charge in [-0.1, -0.05) is 12.1 Å². The molecule has 0 fully saturated rings. The van der Waals surface area contributed by atoms with E-state index >= 15 is 0 Å². The number of ether oxygens (including phenoxy) is 1. The van der Waals surface area contributed by atoms with Crippen molar-refractivity contribution < 1.29 is 4.74 Å². The quantitative estimate of drug-likeness (QED) is 0.711. The summed E-state index contributed by atoms with van der Waals surface area (Å²) >= 11 is 0. The van der Waals surface area contributed by atoms with E-state index in [9.17, 15) is 0 Å². The van der Waals surface area contributed by atoms with Crippen molar-refractivity contribution >= 4 is 0 Å². The fourth-order valence-electron chi connectivity index (χ4n) is 0.886. The van der Waals surface area contributed by atoms with Crippen molar-refractivity contribution in [1.82, 2.24) is 0 Å². The van der Waals surface area contributed by atoms with E-state index in [4.69, 9.17) is 15.7 Å². The first-order valence-electron chi connectivity index (χ1n) is 3.57. The summed E-state index contributed by atoms with van der Waals surface area (Å²) in [5.74, 6) is 0.767. The summed E-state index contributed by atoms with van der Waals surface area (Å²) in [5, 5.41) is 8.51. The third-order valence-corrected chi connectivity index (χ3v) is 1.61. The molecule has 0 spiro atoms. The number of hydrogen-bond acceptors (Lipinski definition) is 3. The fourth-order valence-corrected chi connectivity index (χ4v) is 0.886. The van der Waals surface area contributed by atoms with E-state index in [0.717, 1.165) is 11.3 Å². The number of nitrogens with two attached hydrogens (primary N) is 1. The SMILES string of the molecule is COc1ccc(C(N)C#N)cc1. The molecule has 12 heavy (non-hydrogen) atoms. The number of nitrogens with zero attached hydrogens (tertiary/aromatic N) is 1. The van der Waals surface area contributed by atoms with E-state index in [2.05, 4.69) is 0 Å². The number of hydrogen-bond donors (Lipinski definition) is 1. The van der Waals surface area contributed by atoms with Crippen LogP contribution in [0, 0.1) is 11.3 Å². The minimum Gasteiger partial charge on any atom is -0.497 e. The molecule has 1 rings (SSSR count). The van der Waals surface area contributed by atoms with Crippen LogP contribution < -0.4 is 10.5 Å². The lowest BCUT2D eigenvalue weighted by Crippen LogP contribution is -2.06. The first-order valence-corrected chi connectivity index (χ1v) is 3.57. The maximum atomic E-state index is 8.51. The summed E-state index contributed by atoms with van der Waals surface area (Å²) in [6, 6.07) is 8.55. The van der Waals surface area contributed by atoms with Crippen LogP contribution in [0.5, 0.6) is 5.75 Å². The smallest absolute Gasteiger partial charge is 0.118 e. The fraction of sp³-hybridized carbons (Fsp3) is 0.222. The van der Waals surface area contributed by atoms with Crippen molar-refractivity contribution in [3.63, 3.8) is 0 Å². The zero-order chi connectivity index (χ0) is 8.97. The van der Waals surface area contributed by atoms with Gasteiger partial charge < -0.3 is 10.5 Å². The molecule has 1 aromatic rings. The minimum absolute atomic E-state index is 0.545. The van der Waals surface area contributed by atoms with Crippen molar-refractivity contribution in [1.29, 1.82) is 5.26 Å². The first kappa shape index (κ1) is 8.57. The lowest BCUT2D eigenvalue weighted by molar-refractivity contribution is 0.414. The number of methoxy groups -OCH3 is 1. The predicted molar refractivity (Wildman–Crippen MR) is 45.5 cm³/mol. The second-order valence-electron chi connectivity index (χ2n) is 2.38. The number of nitriles is 1. The molecule has 62 valence electrons. The largest absolute Gasteiger partial charge is 0.497 e. The zero-order valence-electron chi connectivity index (χ0n) is 6.82. The van der Waals surface area contributed by atoms with Crippen LogP contribution in [0.15, 0.2) is 24.3 Å². The Bertz CT molecular complexity index is 286. The van der Waals surface area contributed by atoms with Crippen LogP contribution in [0.2, 0.25) is 0 Å². The Labute approximate surface area is 71.4 Å². The minimum atomic E-state index is -0.545. The molecule has 1 aromatic carbocycles. The van der Waals surface area contributed by atoms with Crippen LogP contribution in [-0.4, -0.2) is 7.11 Å². The molecule has 1 atom stereocenters. The van der Waals surface area contributed by atoms with Gasteiger partial charge in [0.25, 0.3) is 0 Å². The van der Waals surface area contributed by atoms with Crippen molar-refractivity contribution in [3.8, 4) is 11.8 Å². The molecular formula is C9H10N2O. The van der Waals surface area contributed by atoms with Crippen LogP contribution in [0.1, 0.15) is 11.6 Å². The van der Waals surface area contributed by atoms with Crippen molar-refractivity contribution in [2.75, 3.05) is 7.11 Å². The highest BCUT2D eigenvalue weighted by atomic mass is 16.5. The molecule has 0 aliphatic rings. The highest BCUT2D eigenvalue weighted by Gasteiger charge is 2.02. The third kappa shape index (κ3) is 1.74. The Kier molecular flexibility index (Phi) is 2.67. The number of benzene rings is 1. The normalized spacial score (nSPS) is 11.8. The third-order valence-electron chi connectivity index (χ3n) is 1.61. The maximum Gasteiger partial charge on any atom is 0.118 e. The van der Waals surface area contributed by atoms with Gasteiger partial charge in [0.1, 0.15) is 11.8 Å². The maximum absolute atomic E-state index is 8.51. The van der Waals surface area contributed by atoms with E-state index in [1.807, 2.05) is 6.07 Å². The summed E-state index contributed by atoms with van der Waals surface area (Å²) in [5.41, 5.74) is 6.29.